The molecule has 1 aromatic rings. The first-order valence-corrected chi connectivity index (χ1v) is 8.97. The van der Waals surface area contributed by atoms with E-state index in [1.165, 1.54) is 12.2 Å². The summed E-state index contributed by atoms with van der Waals surface area (Å²) < 4.78 is 5.08. The number of ether oxygens (including phenoxy) is 1. The van der Waals surface area contributed by atoms with Crippen molar-refractivity contribution in [2.75, 3.05) is 6.61 Å². The minimum atomic E-state index is -0.671. The molecule has 0 bridgehead atoms. The van der Waals surface area contributed by atoms with Gasteiger partial charge in [0.1, 0.15) is 0 Å². The van der Waals surface area contributed by atoms with E-state index < -0.39 is 18.0 Å². The molecule has 0 saturated carbocycles. The third kappa shape index (κ3) is 10.3. The summed E-state index contributed by atoms with van der Waals surface area (Å²) in [6, 6.07) is 8.66. The van der Waals surface area contributed by atoms with Crippen molar-refractivity contribution in [2.24, 2.45) is 5.73 Å². The molecule has 0 spiro atoms. The number of rotatable bonds is 12. The van der Waals surface area contributed by atoms with Gasteiger partial charge in [-0.25, -0.2) is 4.79 Å². The molecule has 0 aromatic heterocycles. The topological polar surface area (TPSA) is 98.5 Å². The lowest BCUT2D eigenvalue weighted by Gasteiger charge is -2.13. The van der Waals surface area contributed by atoms with E-state index in [0.717, 1.165) is 31.2 Å². The Morgan fingerprint density at radius 1 is 1.15 bits per heavy atom. The zero-order chi connectivity index (χ0) is 19.2. The van der Waals surface area contributed by atoms with Gasteiger partial charge in [0.25, 0.3) is 0 Å². The predicted octanol–water partition coefficient (Wildman–Crippen LogP) is 2.90. The van der Waals surface area contributed by atoms with Crippen LogP contribution >= 0.6 is 0 Å². The Kier molecular flexibility index (Phi) is 10.5. The number of allylic oxidation sites excluding steroid dienone is 1. The molecule has 142 valence electrons. The number of nitrogens with one attached hydrogen (secondary N) is 1. The fraction of sp³-hybridized carbons (Fsp3) is 0.450. The quantitative estimate of drug-likeness (QED) is 0.442. The average Bonchev–Trinajstić information content (AvgIpc) is 2.60. The number of unbranched alkanes of at least 4 members (excludes halogenated alkanes) is 3. The van der Waals surface area contributed by atoms with Crippen LogP contribution in [-0.2, 0) is 20.7 Å². The molecule has 6 heteroatoms. The normalized spacial score (nSPS) is 11.9. The third-order valence-electron chi connectivity index (χ3n) is 3.69. The van der Waals surface area contributed by atoms with Crippen LogP contribution in [0.25, 0.3) is 0 Å². The van der Waals surface area contributed by atoms with Crippen molar-refractivity contribution >= 4 is 17.8 Å². The van der Waals surface area contributed by atoms with Gasteiger partial charge in [0, 0.05) is 6.42 Å². The fourth-order valence-corrected chi connectivity index (χ4v) is 2.35. The maximum Gasteiger partial charge on any atom is 0.407 e. The lowest BCUT2D eigenvalue weighted by Crippen LogP contribution is -2.37. The first kappa shape index (κ1) is 21.4. The Labute approximate surface area is 154 Å². The average molecular weight is 360 g/mol. The first-order valence-electron chi connectivity index (χ1n) is 8.97. The Hall–Kier alpha value is -2.63. The van der Waals surface area contributed by atoms with Gasteiger partial charge >= 0.3 is 6.09 Å². The SMILES string of the molecule is CCCCCCOC(=O)NC(/C=C\C(=O)Cc1ccccc1)CC(N)=O. The number of alkyl carbamates (subject to hydrolysis) is 1. The summed E-state index contributed by atoms with van der Waals surface area (Å²) in [5.74, 6) is -0.696. The molecule has 1 atom stereocenters. The second-order valence-electron chi connectivity index (χ2n) is 6.11. The van der Waals surface area contributed by atoms with Crippen LogP contribution in [0.4, 0.5) is 4.79 Å². The van der Waals surface area contributed by atoms with E-state index in [1.54, 1.807) is 0 Å². The van der Waals surface area contributed by atoms with Gasteiger partial charge in [0.2, 0.25) is 5.91 Å². The number of ketones is 1. The minimum absolute atomic E-state index is 0.0972. The number of carbonyl (C=O) groups excluding carboxylic acids is 3. The molecule has 3 N–H and O–H groups in total. The van der Waals surface area contributed by atoms with Gasteiger partial charge in [-0.3, -0.25) is 9.59 Å². The van der Waals surface area contributed by atoms with Crippen molar-refractivity contribution in [3.8, 4) is 0 Å². The van der Waals surface area contributed by atoms with Crippen molar-refractivity contribution in [1.29, 1.82) is 0 Å². The largest absolute Gasteiger partial charge is 0.450 e. The van der Waals surface area contributed by atoms with Gasteiger partial charge in [-0.1, -0.05) is 62.6 Å². The van der Waals surface area contributed by atoms with Crippen molar-refractivity contribution in [2.45, 2.75) is 51.5 Å². The van der Waals surface area contributed by atoms with Crippen molar-refractivity contribution in [1.82, 2.24) is 5.32 Å². The second kappa shape index (κ2) is 12.7. The van der Waals surface area contributed by atoms with Crippen molar-refractivity contribution in [3.05, 3.63) is 48.0 Å². The molecule has 1 aromatic carbocycles. The van der Waals surface area contributed by atoms with Crippen LogP contribution in [0.5, 0.6) is 0 Å². The molecule has 0 aliphatic heterocycles. The number of carbonyl (C=O) groups is 3. The van der Waals surface area contributed by atoms with Crippen LogP contribution in [0, 0.1) is 0 Å². The fourth-order valence-electron chi connectivity index (χ4n) is 2.35. The minimum Gasteiger partial charge on any atom is -0.450 e. The van der Waals surface area contributed by atoms with Crippen LogP contribution in [0.15, 0.2) is 42.5 Å². The Bertz CT molecular complexity index is 599. The highest BCUT2D eigenvalue weighted by molar-refractivity contribution is 5.91. The van der Waals surface area contributed by atoms with E-state index in [-0.39, 0.29) is 18.6 Å². The van der Waals surface area contributed by atoms with Crippen LogP contribution in [0.3, 0.4) is 0 Å². The number of primary amides is 1. The Morgan fingerprint density at radius 3 is 2.54 bits per heavy atom. The van der Waals surface area contributed by atoms with Crippen molar-refractivity contribution < 1.29 is 19.1 Å². The van der Waals surface area contributed by atoms with E-state index in [0.29, 0.717) is 6.61 Å². The molecule has 0 aliphatic rings. The summed E-state index contributed by atoms with van der Waals surface area (Å²) in [6.07, 6.45) is 6.39. The molecule has 0 aliphatic carbocycles. The summed E-state index contributed by atoms with van der Waals surface area (Å²) in [6.45, 7) is 2.43. The van der Waals surface area contributed by atoms with E-state index >= 15 is 0 Å². The molecule has 1 rings (SSSR count). The first-order chi connectivity index (χ1) is 12.5. The molecule has 0 heterocycles. The number of hydrogen-bond donors (Lipinski definition) is 2. The van der Waals surface area contributed by atoms with Gasteiger partial charge in [0.15, 0.2) is 5.78 Å². The smallest absolute Gasteiger partial charge is 0.407 e. The van der Waals surface area contributed by atoms with Crippen LogP contribution in [-0.4, -0.2) is 30.4 Å². The number of amides is 2. The summed E-state index contributed by atoms with van der Waals surface area (Å²) in [7, 11) is 0. The molecule has 6 nitrogen and oxygen atoms in total. The zero-order valence-electron chi connectivity index (χ0n) is 15.3. The Balaban J connectivity index is 2.47. The number of nitrogens with two attached hydrogens (primary N) is 1. The second-order valence-corrected chi connectivity index (χ2v) is 6.11. The lowest BCUT2D eigenvalue weighted by atomic mass is 10.1. The molecular formula is C20H28N2O4. The highest BCUT2D eigenvalue weighted by atomic mass is 16.5. The zero-order valence-corrected chi connectivity index (χ0v) is 15.3. The van der Waals surface area contributed by atoms with Crippen molar-refractivity contribution in [3.63, 3.8) is 0 Å². The van der Waals surface area contributed by atoms with E-state index in [4.69, 9.17) is 10.5 Å². The molecule has 1 unspecified atom stereocenters. The number of benzene rings is 1. The number of hydrogen-bond acceptors (Lipinski definition) is 4. The summed E-state index contributed by atoms with van der Waals surface area (Å²) in [5.41, 5.74) is 6.10. The van der Waals surface area contributed by atoms with Crippen LogP contribution in [0.1, 0.15) is 44.6 Å². The summed E-state index contributed by atoms with van der Waals surface area (Å²) in [5, 5.41) is 2.56. The van der Waals surface area contributed by atoms with Gasteiger partial charge in [-0.05, 0) is 18.1 Å². The third-order valence-corrected chi connectivity index (χ3v) is 3.69. The Morgan fingerprint density at radius 2 is 1.88 bits per heavy atom. The highest BCUT2D eigenvalue weighted by Gasteiger charge is 2.13. The summed E-state index contributed by atoms with van der Waals surface area (Å²) >= 11 is 0. The van der Waals surface area contributed by atoms with E-state index in [1.807, 2.05) is 30.3 Å². The monoisotopic (exact) mass is 360 g/mol. The standard InChI is InChI=1S/C20H28N2O4/c1-2-3-4-8-13-26-20(25)22-17(15-19(21)24)11-12-18(23)14-16-9-6-5-7-10-16/h5-7,9-12,17H,2-4,8,13-15H2,1H3,(H2,21,24)(H,22,25)/b12-11-. The van der Waals surface area contributed by atoms with Gasteiger partial charge < -0.3 is 15.8 Å². The lowest BCUT2D eigenvalue weighted by molar-refractivity contribution is -0.118. The molecule has 0 radical (unpaired) electrons. The van der Waals surface area contributed by atoms with Crippen LogP contribution in [0.2, 0.25) is 0 Å². The molecule has 2 amide bonds. The van der Waals surface area contributed by atoms with Gasteiger partial charge in [-0.2, -0.15) is 0 Å². The van der Waals surface area contributed by atoms with Crippen LogP contribution < -0.4 is 11.1 Å². The molecular weight excluding hydrogens is 332 g/mol. The molecule has 26 heavy (non-hydrogen) atoms. The van der Waals surface area contributed by atoms with E-state index in [2.05, 4.69) is 12.2 Å². The predicted molar refractivity (Wildman–Crippen MR) is 101 cm³/mol. The maximum atomic E-state index is 12.0. The van der Waals surface area contributed by atoms with E-state index in [9.17, 15) is 14.4 Å². The molecule has 0 saturated heterocycles. The highest BCUT2D eigenvalue weighted by Crippen LogP contribution is 2.03. The van der Waals surface area contributed by atoms with Gasteiger partial charge in [0.05, 0.1) is 19.1 Å². The summed E-state index contributed by atoms with van der Waals surface area (Å²) in [4.78, 5) is 35.0. The molecule has 0 fully saturated rings. The maximum absolute atomic E-state index is 12.0. The van der Waals surface area contributed by atoms with Gasteiger partial charge in [-0.15, -0.1) is 0 Å².